The SMILES string of the molecule is Nc1nccc(-c2ccc3noc(-c4ccnc(N5CCOCC5)n4)c3c2)n1. The van der Waals surface area contributed by atoms with Gasteiger partial charge < -0.3 is 19.9 Å². The Balaban J connectivity index is 1.57. The number of morpholine rings is 1. The van der Waals surface area contributed by atoms with E-state index < -0.39 is 0 Å². The normalized spacial score (nSPS) is 14.5. The Morgan fingerprint density at radius 3 is 2.61 bits per heavy atom. The van der Waals surface area contributed by atoms with Crippen LogP contribution in [0.1, 0.15) is 0 Å². The maximum absolute atomic E-state index is 5.71. The van der Waals surface area contributed by atoms with Crippen LogP contribution in [0.5, 0.6) is 0 Å². The highest BCUT2D eigenvalue weighted by atomic mass is 16.5. The topological polar surface area (TPSA) is 116 Å². The molecule has 5 rings (SSSR count). The molecule has 1 aliphatic heterocycles. The molecule has 0 amide bonds. The van der Waals surface area contributed by atoms with Gasteiger partial charge in [0.25, 0.3) is 0 Å². The lowest BCUT2D eigenvalue weighted by Crippen LogP contribution is -2.37. The van der Waals surface area contributed by atoms with Crippen LogP contribution in [-0.2, 0) is 4.74 Å². The van der Waals surface area contributed by atoms with Gasteiger partial charge in [0.1, 0.15) is 11.2 Å². The minimum atomic E-state index is 0.231. The van der Waals surface area contributed by atoms with Crippen LogP contribution in [0.25, 0.3) is 33.6 Å². The summed E-state index contributed by atoms with van der Waals surface area (Å²) in [5.74, 6) is 1.48. The first-order valence-electron chi connectivity index (χ1n) is 8.92. The number of nitrogens with two attached hydrogens (primary N) is 1. The fourth-order valence-electron chi connectivity index (χ4n) is 3.21. The number of ether oxygens (including phenoxy) is 1. The number of rotatable bonds is 3. The van der Waals surface area contributed by atoms with E-state index in [-0.39, 0.29) is 5.95 Å². The summed E-state index contributed by atoms with van der Waals surface area (Å²) in [4.78, 5) is 19.4. The summed E-state index contributed by atoms with van der Waals surface area (Å²) in [5.41, 5.74) is 8.77. The number of anilines is 2. The van der Waals surface area contributed by atoms with Gasteiger partial charge in [-0.3, -0.25) is 0 Å². The molecule has 1 saturated heterocycles. The predicted octanol–water partition coefficient (Wildman–Crippen LogP) is 2.16. The summed E-state index contributed by atoms with van der Waals surface area (Å²) in [7, 11) is 0. The van der Waals surface area contributed by atoms with Gasteiger partial charge in [-0.15, -0.1) is 0 Å². The van der Waals surface area contributed by atoms with E-state index in [9.17, 15) is 0 Å². The molecular formula is C19H17N7O2. The van der Waals surface area contributed by atoms with E-state index >= 15 is 0 Å². The zero-order valence-corrected chi connectivity index (χ0v) is 14.9. The first-order chi connectivity index (χ1) is 13.8. The molecule has 0 unspecified atom stereocenters. The molecule has 1 aliphatic rings. The lowest BCUT2D eigenvalue weighted by Gasteiger charge is -2.26. The van der Waals surface area contributed by atoms with Crippen LogP contribution in [0.4, 0.5) is 11.9 Å². The quantitative estimate of drug-likeness (QED) is 0.575. The highest BCUT2D eigenvalue weighted by Crippen LogP contribution is 2.31. The number of nitrogen functional groups attached to an aromatic ring is 1. The Morgan fingerprint density at radius 1 is 0.929 bits per heavy atom. The van der Waals surface area contributed by atoms with Crippen molar-refractivity contribution in [1.82, 2.24) is 25.1 Å². The summed E-state index contributed by atoms with van der Waals surface area (Å²) in [6, 6.07) is 9.42. The maximum atomic E-state index is 5.71. The zero-order valence-electron chi connectivity index (χ0n) is 14.9. The van der Waals surface area contributed by atoms with Crippen LogP contribution in [-0.4, -0.2) is 51.4 Å². The van der Waals surface area contributed by atoms with Gasteiger partial charge in [0.15, 0.2) is 5.76 Å². The minimum absolute atomic E-state index is 0.231. The Labute approximate surface area is 160 Å². The molecule has 28 heavy (non-hydrogen) atoms. The molecular weight excluding hydrogens is 358 g/mol. The van der Waals surface area contributed by atoms with Crippen molar-refractivity contribution in [3.63, 3.8) is 0 Å². The van der Waals surface area contributed by atoms with Crippen LogP contribution >= 0.6 is 0 Å². The van der Waals surface area contributed by atoms with E-state index in [1.807, 2.05) is 30.3 Å². The van der Waals surface area contributed by atoms with Gasteiger partial charge in [0.05, 0.1) is 24.3 Å². The van der Waals surface area contributed by atoms with Gasteiger partial charge in [-0.1, -0.05) is 11.2 Å². The Kier molecular flexibility index (Phi) is 4.06. The van der Waals surface area contributed by atoms with Crippen molar-refractivity contribution in [2.45, 2.75) is 0 Å². The standard InChI is InChI=1S/C19H17N7O2/c20-18-21-5-3-14(23-18)12-1-2-15-13(11-12)17(28-25-15)16-4-6-22-19(24-16)26-7-9-27-10-8-26/h1-6,11H,7-10H2,(H2,20,21,23). The largest absolute Gasteiger partial charge is 0.378 e. The monoisotopic (exact) mass is 375 g/mol. The number of aromatic nitrogens is 5. The lowest BCUT2D eigenvalue weighted by atomic mass is 10.1. The van der Waals surface area contributed by atoms with Crippen molar-refractivity contribution < 1.29 is 9.26 Å². The molecule has 0 radical (unpaired) electrons. The molecule has 9 nitrogen and oxygen atoms in total. The van der Waals surface area contributed by atoms with Gasteiger partial charge in [0, 0.05) is 31.0 Å². The maximum Gasteiger partial charge on any atom is 0.226 e. The Bertz CT molecular complexity index is 1140. The summed E-state index contributed by atoms with van der Waals surface area (Å²) < 4.78 is 11.0. The third kappa shape index (κ3) is 3.01. The summed E-state index contributed by atoms with van der Waals surface area (Å²) in [6.07, 6.45) is 3.37. The smallest absolute Gasteiger partial charge is 0.226 e. The second-order valence-electron chi connectivity index (χ2n) is 6.39. The van der Waals surface area contributed by atoms with Crippen LogP contribution in [0.2, 0.25) is 0 Å². The second-order valence-corrected chi connectivity index (χ2v) is 6.39. The first-order valence-corrected chi connectivity index (χ1v) is 8.92. The third-order valence-electron chi connectivity index (χ3n) is 4.62. The molecule has 0 bridgehead atoms. The summed E-state index contributed by atoms with van der Waals surface area (Å²) in [6.45, 7) is 2.87. The fourth-order valence-corrected chi connectivity index (χ4v) is 3.21. The molecule has 4 aromatic rings. The average Bonchev–Trinajstić information content (AvgIpc) is 3.18. The average molecular weight is 375 g/mol. The predicted molar refractivity (Wildman–Crippen MR) is 104 cm³/mol. The second kappa shape index (κ2) is 6.86. The molecule has 0 spiro atoms. The molecule has 4 heterocycles. The summed E-state index contributed by atoms with van der Waals surface area (Å²) in [5, 5.41) is 5.01. The van der Waals surface area contributed by atoms with Crippen LogP contribution in [0.3, 0.4) is 0 Å². The Hall–Kier alpha value is -3.59. The third-order valence-corrected chi connectivity index (χ3v) is 4.62. The lowest BCUT2D eigenvalue weighted by molar-refractivity contribution is 0.122. The number of hydrogen-bond acceptors (Lipinski definition) is 9. The number of hydrogen-bond donors (Lipinski definition) is 1. The first kappa shape index (κ1) is 16.6. The molecule has 140 valence electrons. The van der Waals surface area contributed by atoms with Crippen molar-refractivity contribution in [3.05, 3.63) is 42.7 Å². The summed E-state index contributed by atoms with van der Waals surface area (Å²) >= 11 is 0. The van der Waals surface area contributed by atoms with Gasteiger partial charge in [-0.2, -0.15) is 0 Å². The van der Waals surface area contributed by atoms with E-state index in [0.717, 1.165) is 35.2 Å². The van der Waals surface area contributed by atoms with Crippen molar-refractivity contribution in [2.75, 3.05) is 36.9 Å². The minimum Gasteiger partial charge on any atom is -0.378 e. The highest BCUT2D eigenvalue weighted by molar-refractivity contribution is 5.93. The highest BCUT2D eigenvalue weighted by Gasteiger charge is 2.18. The molecule has 1 fully saturated rings. The Morgan fingerprint density at radius 2 is 1.75 bits per heavy atom. The molecule has 0 saturated carbocycles. The van der Waals surface area contributed by atoms with Gasteiger partial charge in [-0.05, 0) is 24.3 Å². The van der Waals surface area contributed by atoms with Crippen LogP contribution in [0, 0.1) is 0 Å². The van der Waals surface area contributed by atoms with E-state index in [4.69, 9.17) is 15.0 Å². The molecule has 2 N–H and O–H groups in total. The molecule has 0 aliphatic carbocycles. The van der Waals surface area contributed by atoms with E-state index in [0.29, 0.717) is 30.6 Å². The molecule has 1 aromatic carbocycles. The van der Waals surface area contributed by atoms with Gasteiger partial charge >= 0.3 is 0 Å². The van der Waals surface area contributed by atoms with E-state index in [1.165, 1.54) is 0 Å². The zero-order chi connectivity index (χ0) is 18.9. The number of benzene rings is 1. The van der Waals surface area contributed by atoms with Crippen molar-refractivity contribution in [2.24, 2.45) is 0 Å². The number of nitrogens with zero attached hydrogens (tertiary/aromatic N) is 6. The van der Waals surface area contributed by atoms with Gasteiger partial charge in [-0.25, -0.2) is 19.9 Å². The number of fused-ring (bicyclic) bond motifs is 1. The van der Waals surface area contributed by atoms with Crippen LogP contribution < -0.4 is 10.6 Å². The van der Waals surface area contributed by atoms with E-state index in [1.54, 1.807) is 12.4 Å². The van der Waals surface area contributed by atoms with Crippen LogP contribution in [0.15, 0.2) is 47.2 Å². The van der Waals surface area contributed by atoms with Gasteiger partial charge in [0.2, 0.25) is 11.9 Å². The molecule has 9 heteroatoms. The van der Waals surface area contributed by atoms with Crippen molar-refractivity contribution in [3.8, 4) is 22.7 Å². The van der Waals surface area contributed by atoms with E-state index in [2.05, 4.69) is 30.0 Å². The molecule has 3 aromatic heterocycles. The fraction of sp³-hybridized carbons (Fsp3) is 0.211. The van der Waals surface area contributed by atoms with Crippen molar-refractivity contribution in [1.29, 1.82) is 0 Å². The molecule has 0 atom stereocenters. The van der Waals surface area contributed by atoms with Crippen molar-refractivity contribution >= 4 is 22.8 Å².